The normalized spacial score (nSPS) is 10.8. The highest BCUT2D eigenvalue weighted by Crippen LogP contribution is 2.24. The number of aromatic nitrogens is 2. The molecule has 0 aliphatic rings. The van der Waals surface area contributed by atoms with Crippen molar-refractivity contribution in [1.29, 1.82) is 0 Å². The fraction of sp³-hybridized carbons (Fsp3) is 0.400. The Balaban J connectivity index is 2.15. The third-order valence-corrected chi connectivity index (χ3v) is 3.22. The minimum Gasteiger partial charge on any atom is -0.484 e. The molecule has 2 N–H and O–H groups in total. The molecule has 1 heterocycles. The molecule has 0 saturated carbocycles. The van der Waals surface area contributed by atoms with E-state index in [0.717, 1.165) is 23.4 Å². The number of nitrogens with zero attached hydrogens (tertiary/aromatic N) is 2. The highest BCUT2D eigenvalue weighted by Gasteiger charge is 2.11. The molecule has 5 heteroatoms. The van der Waals surface area contributed by atoms with E-state index in [1.807, 2.05) is 26.1 Å². The highest BCUT2D eigenvalue weighted by molar-refractivity contribution is 5.35. The Labute approximate surface area is 118 Å². The van der Waals surface area contributed by atoms with Crippen LogP contribution in [0.15, 0.2) is 24.3 Å². The maximum atomic E-state index is 13.9. The second-order valence-electron chi connectivity index (χ2n) is 4.66. The number of halogens is 1. The van der Waals surface area contributed by atoms with Crippen LogP contribution in [-0.2, 0) is 26.5 Å². The van der Waals surface area contributed by atoms with Crippen molar-refractivity contribution >= 4 is 0 Å². The molecule has 0 spiro atoms. The first-order valence-corrected chi connectivity index (χ1v) is 6.77. The molecule has 1 aromatic carbocycles. The number of rotatable bonds is 6. The maximum absolute atomic E-state index is 13.9. The zero-order valence-electron chi connectivity index (χ0n) is 11.9. The smallest absolute Gasteiger partial charge is 0.165 e. The number of hydrogen-bond donors (Lipinski definition) is 1. The summed E-state index contributed by atoms with van der Waals surface area (Å²) in [5, 5.41) is 4.35. The van der Waals surface area contributed by atoms with E-state index in [0.29, 0.717) is 19.6 Å². The van der Waals surface area contributed by atoms with E-state index in [1.165, 1.54) is 6.07 Å². The van der Waals surface area contributed by atoms with Crippen LogP contribution in [0.1, 0.15) is 23.9 Å². The van der Waals surface area contributed by atoms with Crippen molar-refractivity contribution in [2.24, 2.45) is 12.8 Å². The SMILES string of the molecule is CCc1cc(COc2c(F)cccc2CCN)n(C)n1. The summed E-state index contributed by atoms with van der Waals surface area (Å²) < 4.78 is 21.3. The van der Waals surface area contributed by atoms with Gasteiger partial charge in [0.05, 0.1) is 11.4 Å². The summed E-state index contributed by atoms with van der Waals surface area (Å²) in [6.07, 6.45) is 1.46. The van der Waals surface area contributed by atoms with Crippen LogP contribution in [0, 0.1) is 5.82 Å². The molecule has 0 fully saturated rings. The van der Waals surface area contributed by atoms with Gasteiger partial charge in [-0.1, -0.05) is 19.1 Å². The summed E-state index contributed by atoms with van der Waals surface area (Å²) in [6, 6.07) is 6.89. The van der Waals surface area contributed by atoms with E-state index in [2.05, 4.69) is 5.10 Å². The van der Waals surface area contributed by atoms with Crippen LogP contribution in [0.25, 0.3) is 0 Å². The van der Waals surface area contributed by atoms with Crippen LogP contribution < -0.4 is 10.5 Å². The fourth-order valence-electron chi connectivity index (χ4n) is 2.09. The summed E-state index contributed by atoms with van der Waals surface area (Å²) in [7, 11) is 1.86. The zero-order chi connectivity index (χ0) is 14.5. The standard InChI is InChI=1S/C15H20FN3O/c1-3-12-9-13(19(2)18-12)10-20-15-11(7-8-17)5-4-6-14(15)16/h4-6,9H,3,7-8,10,17H2,1-2H3. The van der Waals surface area contributed by atoms with Gasteiger partial charge in [-0.25, -0.2) is 4.39 Å². The van der Waals surface area contributed by atoms with E-state index < -0.39 is 0 Å². The van der Waals surface area contributed by atoms with Crippen molar-refractivity contribution in [1.82, 2.24) is 9.78 Å². The lowest BCUT2D eigenvalue weighted by molar-refractivity contribution is 0.277. The number of hydrogen-bond acceptors (Lipinski definition) is 3. The first kappa shape index (κ1) is 14.5. The van der Waals surface area contributed by atoms with E-state index >= 15 is 0 Å². The van der Waals surface area contributed by atoms with Crippen LogP contribution in [0.2, 0.25) is 0 Å². The number of para-hydroxylation sites is 1. The average molecular weight is 277 g/mol. The first-order valence-electron chi connectivity index (χ1n) is 6.77. The van der Waals surface area contributed by atoms with E-state index in [9.17, 15) is 4.39 Å². The molecular formula is C15H20FN3O. The molecule has 0 aliphatic heterocycles. The predicted octanol–water partition coefficient (Wildman–Crippen LogP) is 2.20. The van der Waals surface area contributed by atoms with Crippen molar-refractivity contribution in [2.45, 2.75) is 26.4 Å². The minimum atomic E-state index is -0.353. The quantitative estimate of drug-likeness (QED) is 0.880. The molecule has 108 valence electrons. The molecule has 4 nitrogen and oxygen atoms in total. The third-order valence-electron chi connectivity index (χ3n) is 3.22. The predicted molar refractivity (Wildman–Crippen MR) is 76.1 cm³/mol. The van der Waals surface area contributed by atoms with Crippen LogP contribution in [0.5, 0.6) is 5.75 Å². The van der Waals surface area contributed by atoms with Gasteiger partial charge >= 0.3 is 0 Å². The van der Waals surface area contributed by atoms with Gasteiger partial charge in [-0.15, -0.1) is 0 Å². The molecule has 0 saturated heterocycles. The molecule has 0 radical (unpaired) electrons. The summed E-state index contributed by atoms with van der Waals surface area (Å²) >= 11 is 0. The number of aryl methyl sites for hydroxylation is 2. The molecule has 0 aliphatic carbocycles. The van der Waals surface area contributed by atoms with Gasteiger partial charge in [0.1, 0.15) is 6.61 Å². The third kappa shape index (κ3) is 3.17. The van der Waals surface area contributed by atoms with Gasteiger partial charge in [-0.3, -0.25) is 4.68 Å². The Kier molecular flexibility index (Phi) is 4.74. The monoisotopic (exact) mass is 277 g/mol. The number of nitrogens with two attached hydrogens (primary N) is 1. The van der Waals surface area contributed by atoms with E-state index in [1.54, 1.807) is 10.7 Å². The molecule has 0 atom stereocenters. The molecule has 0 unspecified atom stereocenters. The lowest BCUT2D eigenvalue weighted by atomic mass is 10.1. The summed E-state index contributed by atoms with van der Waals surface area (Å²) in [5.41, 5.74) is 8.26. The van der Waals surface area contributed by atoms with Crippen molar-refractivity contribution in [2.75, 3.05) is 6.54 Å². The number of benzene rings is 1. The van der Waals surface area contributed by atoms with Crippen LogP contribution >= 0.6 is 0 Å². The molecule has 0 bridgehead atoms. The van der Waals surface area contributed by atoms with Crippen molar-refractivity contribution in [3.05, 3.63) is 47.0 Å². The summed E-state index contributed by atoms with van der Waals surface area (Å²) in [6.45, 7) is 2.80. The second-order valence-corrected chi connectivity index (χ2v) is 4.66. The Morgan fingerprint density at radius 2 is 2.20 bits per heavy atom. The molecule has 2 rings (SSSR count). The van der Waals surface area contributed by atoms with Crippen molar-refractivity contribution in [3.8, 4) is 5.75 Å². The van der Waals surface area contributed by atoms with Gasteiger partial charge in [0.15, 0.2) is 11.6 Å². The Morgan fingerprint density at radius 1 is 1.40 bits per heavy atom. The topological polar surface area (TPSA) is 53.1 Å². The Hall–Kier alpha value is -1.88. The lowest BCUT2D eigenvalue weighted by Crippen LogP contribution is -2.08. The van der Waals surface area contributed by atoms with Gasteiger partial charge in [0.2, 0.25) is 0 Å². The van der Waals surface area contributed by atoms with E-state index in [-0.39, 0.29) is 11.6 Å². The summed E-state index contributed by atoms with van der Waals surface area (Å²) in [4.78, 5) is 0. The average Bonchev–Trinajstić information content (AvgIpc) is 2.79. The van der Waals surface area contributed by atoms with Gasteiger partial charge in [-0.2, -0.15) is 5.10 Å². The van der Waals surface area contributed by atoms with Gasteiger partial charge in [0, 0.05) is 7.05 Å². The van der Waals surface area contributed by atoms with Crippen LogP contribution in [0.3, 0.4) is 0 Å². The molecule has 20 heavy (non-hydrogen) atoms. The van der Waals surface area contributed by atoms with Crippen LogP contribution in [0.4, 0.5) is 4.39 Å². The highest BCUT2D eigenvalue weighted by atomic mass is 19.1. The van der Waals surface area contributed by atoms with Gasteiger partial charge in [0.25, 0.3) is 0 Å². The van der Waals surface area contributed by atoms with Gasteiger partial charge in [-0.05, 0) is 37.1 Å². The molecule has 0 amide bonds. The number of ether oxygens (including phenoxy) is 1. The van der Waals surface area contributed by atoms with E-state index in [4.69, 9.17) is 10.5 Å². The van der Waals surface area contributed by atoms with Gasteiger partial charge < -0.3 is 10.5 Å². The zero-order valence-corrected chi connectivity index (χ0v) is 11.9. The Bertz CT molecular complexity index is 580. The fourth-order valence-corrected chi connectivity index (χ4v) is 2.09. The summed E-state index contributed by atoms with van der Waals surface area (Å²) in [5.74, 6) is -0.0639. The largest absolute Gasteiger partial charge is 0.484 e. The lowest BCUT2D eigenvalue weighted by Gasteiger charge is -2.12. The molecule has 2 aromatic rings. The van der Waals surface area contributed by atoms with Crippen LogP contribution in [-0.4, -0.2) is 16.3 Å². The Morgan fingerprint density at radius 3 is 2.85 bits per heavy atom. The second kappa shape index (κ2) is 6.52. The minimum absolute atomic E-state index is 0.289. The van der Waals surface area contributed by atoms with Crippen molar-refractivity contribution < 1.29 is 9.13 Å². The van der Waals surface area contributed by atoms with Crippen molar-refractivity contribution in [3.63, 3.8) is 0 Å². The molecular weight excluding hydrogens is 257 g/mol. The molecule has 1 aromatic heterocycles. The maximum Gasteiger partial charge on any atom is 0.165 e. The first-order chi connectivity index (χ1) is 9.65.